The monoisotopic (exact) mass is 170 g/mol. The van der Waals surface area contributed by atoms with E-state index in [-0.39, 0.29) is 0 Å². The van der Waals surface area contributed by atoms with Crippen LogP contribution in [-0.2, 0) is 4.74 Å². The number of methoxy groups -OCH3 is 1. The van der Waals surface area contributed by atoms with Crippen LogP contribution in [0, 0.1) is 11.8 Å². The molecular formula is C9H18N2O. The van der Waals surface area contributed by atoms with Gasteiger partial charge in [-0.1, -0.05) is 0 Å². The molecule has 2 unspecified atom stereocenters. The predicted molar refractivity (Wildman–Crippen MR) is 47.9 cm³/mol. The van der Waals surface area contributed by atoms with Crippen LogP contribution in [0.4, 0.5) is 0 Å². The first-order chi connectivity index (χ1) is 5.85. The van der Waals surface area contributed by atoms with Gasteiger partial charge >= 0.3 is 0 Å². The van der Waals surface area contributed by atoms with Crippen LogP contribution in [0.15, 0.2) is 0 Å². The second-order valence-corrected chi connectivity index (χ2v) is 4.00. The molecule has 3 aliphatic rings. The fourth-order valence-corrected chi connectivity index (χ4v) is 2.69. The maximum absolute atomic E-state index is 5.51. The van der Waals surface area contributed by atoms with Crippen molar-refractivity contribution in [3.63, 3.8) is 0 Å². The van der Waals surface area contributed by atoms with E-state index in [0.717, 1.165) is 24.9 Å². The van der Waals surface area contributed by atoms with Crippen molar-refractivity contribution in [3.05, 3.63) is 0 Å². The lowest BCUT2D eigenvalue weighted by atomic mass is 9.68. The van der Waals surface area contributed by atoms with Gasteiger partial charge in [0.1, 0.15) is 0 Å². The maximum atomic E-state index is 5.51. The number of fused-ring (bicyclic) bond motifs is 2. The second kappa shape index (κ2) is 3.32. The first-order valence-corrected chi connectivity index (χ1v) is 4.80. The molecule has 0 radical (unpaired) electrons. The number of piperidine rings is 2. The van der Waals surface area contributed by atoms with Crippen LogP contribution in [0.5, 0.6) is 0 Å². The number of nitrogens with zero attached hydrogens (tertiary/aromatic N) is 1. The Kier molecular flexibility index (Phi) is 2.35. The molecule has 2 aliphatic heterocycles. The summed E-state index contributed by atoms with van der Waals surface area (Å²) in [5.74, 6) is 1.58. The fraction of sp³-hybridized carbons (Fsp3) is 1.00. The minimum Gasteiger partial charge on any atom is -0.381 e. The smallest absolute Gasteiger partial charge is 0.0652 e. The Labute approximate surface area is 73.9 Å². The Morgan fingerprint density at radius 3 is 2.58 bits per heavy atom. The van der Waals surface area contributed by atoms with E-state index in [9.17, 15) is 0 Å². The lowest BCUT2D eigenvalue weighted by molar-refractivity contribution is -0.126. The number of nitrogens with two attached hydrogens (primary N) is 1. The molecular weight excluding hydrogens is 152 g/mol. The Bertz CT molecular complexity index is 147. The molecule has 2 N–H and O–H groups in total. The van der Waals surface area contributed by atoms with Crippen molar-refractivity contribution in [1.82, 2.24) is 4.90 Å². The quantitative estimate of drug-likeness (QED) is 0.643. The topological polar surface area (TPSA) is 38.5 Å². The Balaban J connectivity index is 1.84. The SMILES string of the molecule is COC1C2CC1CN(CCN)C2. The Morgan fingerprint density at radius 2 is 2.08 bits per heavy atom. The van der Waals surface area contributed by atoms with Crippen molar-refractivity contribution in [3.8, 4) is 0 Å². The van der Waals surface area contributed by atoms with E-state index in [0.29, 0.717) is 6.10 Å². The molecule has 2 bridgehead atoms. The van der Waals surface area contributed by atoms with E-state index >= 15 is 0 Å². The molecule has 0 aromatic rings. The summed E-state index contributed by atoms with van der Waals surface area (Å²) in [6.45, 7) is 4.25. The van der Waals surface area contributed by atoms with Crippen molar-refractivity contribution in [1.29, 1.82) is 0 Å². The number of rotatable bonds is 3. The van der Waals surface area contributed by atoms with Gasteiger partial charge in [0.15, 0.2) is 0 Å². The average molecular weight is 170 g/mol. The molecule has 0 amide bonds. The summed E-state index contributed by atoms with van der Waals surface area (Å²) in [5, 5.41) is 0. The molecule has 3 fully saturated rings. The van der Waals surface area contributed by atoms with E-state index in [1.165, 1.54) is 19.5 Å². The van der Waals surface area contributed by atoms with E-state index < -0.39 is 0 Å². The van der Waals surface area contributed by atoms with Crippen LogP contribution in [0.2, 0.25) is 0 Å². The summed E-state index contributed by atoms with van der Waals surface area (Å²) in [6, 6.07) is 0. The highest BCUT2D eigenvalue weighted by Crippen LogP contribution is 2.41. The van der Waals surface area contributed by atoms with Gasteiger partial charge in [-0.2, -0.15) is 0 Å². The highest BCUT2D eigenvalue weighted by Gasteiger charge is 2.46. The Morgan fingerprint density at radius 1 is 1.42 bits per heavy atom. The van der Waals surface area contributed by atoms with Crippen molar-refractivity contribution in [2.24, 2.45) is 17.6 Å². The molecule has 2 saturated heterocycles. The summed E-state index contributed by atoms with van der Waals surface area (Å²) in [7, 11) is 1.84. The van der Waals surface area contributed by atoms with E-state index in [4.69, 9.17) is 10.5 Å². The van der Waals surface area contributed by atoms with Crippen LogP contribution in [0.1, 0.15) is 6.42 Å². The van der Waals surface area contributed by atoms with Gasteiger partial charge in [-0.25, -0.2) is 0 Å². The van der Waals surface area contributed by atoms with Crippen molar-refractivity contribution in [2.75, 3.05) is 33.3 Å². The van der Waals surface area contributed by atoms with E-state index in [1.54, 1.807) is 0 Å². The third-order valence-electron chi connectivity index (χ3n) is 3.24. The molecule has 3 heteroatoms. The zero-order valence-electron chi connectivity index (χ0n) is 7.70. The molecule has 70 valence electrons. The van der Waals surface area contributed by atoms with Gasteiger partial charge in [-0.15, -0.1) is 0 Å². The summed E-state index contributed by atoms with van der Waals surface area (Å²) in [4.78, 5) is 2.47. The number of hydrogen-bond acceptors (Lipinski definition) is 3. The zero-order valence-corrected chi connectivity index (χ0v) is 7.70. The van der Waals surface area contributed by atoms with Crippen LogP contribution < -0.4 is 5.73 Å². The fourth-order valence-electron chi connectivity index (χ4n) is 2.69. The van der Waals surface area contributed by atoms with Gasteiger partial charge < -0.3 is 15.4 Å². The molecule has 0 spiro atoms. The highest BCUT2D eigenvalue weighted by atomic mass is 16.5. The standard InChI is InChI=1S/C9H18N2O/c1-12-9-7-4-8(9)6-11(5-7)3-2-10/h7-9H,2-6,10H2,1H3. The van der Waals surface area contributed by atoms with Crippen LogP contribution >= 0.6 is 0 Å². The van der Waals surface area contributed by atoms with Gasteiger partial charge in [-0.3, -0.25) is 0 Å². The lowest BCUT2D eigenvalue weighted by Gasteiger charge is -2.52. The minimum absolute atomic E-state index is 0.555. The van der Waals surface area contributed by atoms with Crippen molar-refractivity contribution >= 4 is 0 Å². The van der Waals surface area contributed by atoms with Crippen LogP contribution in [0.3, 0.4) is 0 Å². The molecule has 1 aliphatic carbocycles. The van der Waals surface area contributed by atoms with Crippen LogP contribution in [-0.4, -0.2) is 44.3 Å². The van der Waals surface area contributed by atoms with E-state index in [1.807, 2.05) is 7.11 Å². The number of ether oxygens (including phenoxy) is 1. The molecule has 12 heavy (non-hydrogen) atoms. The second-order valence-electron chi connectivity index (χ2n) is 4.00. The highest BCUT2D eigenvalue weighted by molar-refractivity contribution is 4.98. The summed E-state index contributed by atoms with van der Waals surface area (Å²) >= 11 is 0. The zero-order chi connectivity index (χ0) is 8.55. The predicted octanol–water partition coefficient (Wildman–Crippen LogP) is -0.0882. The molecule has 2 atom stereocenters. The molecule has 3 rings (SSSR count). The summed E-state index contributed by atoms with van der Waals surface area (Å²) in [5.41, 5.74) is 5.51. The molecule has 2 heterocycles. The molecule has 3 nitrogen and oxygen atoms in total. The molecule has 0 aromatic heterocycles. The average Bonchev–Trinajstić information content (AvgIpc) is 2.05. The normalized spacial score (nSPS) is 41.0. The third-order valence-corrected chi connectivity index (χ3v) is 3.24. The van der Waals surface area contributed by atoms with Crippen molar-refractivity contribution in [2.45, 2.75) is 12.5 Å². The largest absolute Gasteiger partial charge is 0.381 e. The van der Waals surface area contributed by atoms with Gasteiger partial charge in [0, 0.05) is 33.3 Å². The lowest BCUT2D eigenvalue weighted by Crippen LogP contribution is -2.59. The first-order valence-electron chi connectivity index (χ1n) is 4.80. The van der Waals surface area contributed by atoms with E-state index in [2.05, 4.69) is 4.90 Å². The minimum atomic E-state index is 0.555. The third kappa shape index (κ3) is 1.26. The summed E-state index contributed by atoms with van der Waals surface area (Å²) < 4.78 is 5.42. The first kappa shape index (κ1) is 8.48. The van der Waals surface area contributed by atoms with Crippen LogP contribution in [0.25, 0.3) is 0 Å². The van der Waals surface area contributed by atoms with Crippen molar-refractivity contribution < 1.29 is 4.74 Å². The van der Waals surface area contributed by atoms with Gasteiger partial charge in [-0.05, 0) is 18.3 Å². The molecule has 1 saturated carbocycles. The maximum Gasteiger partial charge on any atom is 0.0652 e. The van der Waals surface area contributed by atoms with Gasteiger partial charge in [0.2, 0.25) is 0 Å². The Hall–Kier alpha value is -0.120. The van der Waals surface area contributed by atoms with Gasteiger partial charge in [0.05, 0.1) is 6.10 Å². The molecule has 0 aromatic carbocycles. The van der Waals surface area contributed by atoms with Gasteiger partial charge in [0.25, 0.3) is 0 Å². The summed E-state index contributed by atoms with van der Waals surface area (Å²) in [6.07, 6.45) is 1.93. The number of hydrogen-bond donors (Lipinski definition) is 1.